The number of nitrogens with zero attached hydrogens (tertiary/aromatic N) is 2. The molecule has 3 aromatic rings. The van der Waals surface area contributed by atoms with Gasteiger partial charge in [-0.3, -0.25) is 4.79 Å². The number of benzene rings is 3. The van der Waals surface area contributed by atoms with Crippen LogP contribution in [-0.2, 0) is 22.8 Å². The molecular formula is C22H14Cl4N2O2. The monoisotopic (exact) mass is 478 g/mol. The van der Waals surface area contributed by atoms with E-state index in [0.29, 0.717) is 31.2 Å². The second-order valence-corrected chi connectivity index (χ2v) is 8.20. The van der Waals surface area contributed by atoms with E-state index >= 15 is 0 Å². The summed E-state index contributed by atoms with van der Waals surface area (Å²) >= 11 is 24.5. The van der Waals surface area contributed by atoms with Gasteiger partial charge in [-0.05, 0) is 35.9 Å². The largest absolute Gasteiger partial charge is 0.390 e. The van der Waals surface area contributed by atoms with Crippen molar-refractivity contribution >= 4 is 63.7 Å². The molecule has 152 valence electrons. The second-order valence-electron chi connectivity index (χ2n) is 6.57. The van der Waals surface area contributed by atoms with Crippen molar-refractivity contribution in [1.82, 2.24) is 0 Å². The van der Waals surface area contributed by atoms with Gasteiger partial charge in [0, 0.05) is 21.2 Å². The molecule has 8 heteroatoms. The van der Waals surface area contributed by atoms with Crippen molar-refractivity contribution in [3.8, 4) is 0 Å². The summed E-state index contributed by atoms with van der Waals surface area (Å²) in [6, 6.07) is 17.8. The molecule has 1 aliphatic heterocycles. The molecule has 0 radical (unpaired) electrons. The summed E-state index contributed by atoms with van der Waals surface area (Å²) in [5, 5.41) is 5.99. The van der Waals surface area contributed by atoms with Crippen LogP contribution in [0.25, 0.3) is 0 Å². The van der Waals surface area contributed by atoms with Gasteiger partial charge in [0.1, 0.15) is 6.61 Å². The average molecular weight is 480 g/mol. The Kier molecular flexibility index (Phi) is 6.21. The molecule has 0 aromatic heterocycles. The van der Waals surface area contributed by atoms with Crippen LogP contribution in [0.2, 0.25) is 20.1 Å². The van der Waals surface area contributed by atoms with E-state index in [-0.39, 0.29) is 24.8 Å². The Morgan fingerprint density at radius 1 is 0.833 bits per heavy atom. The first-order valence-corrected chi connectivity index (χ1v) is 10.4. The predicted molar refractivity (Wildman–Crippen MR) is 122 cm³/mol. The minimum atomic E-state index is -0.290. The Bertz CT molecular complexity index is 1140. The van der Waals surface area contributed by atoms with E-state index in [1.54, 1.807) is 41.3 Å². The number of para-hydroxylation sites is 1. The van der Waals surface area contributed by atoms with Gasteiger partial charge >= 0.3 is 0 Å². The van der Waals surface area contributed by atoms with Crippen LogP contribution in [0, 0.1) is 0 Å². The van der Waals surface area contributed by atoms with Crippen LogP contribution in [0.3, 0.4) is 0 Å². The number of anilines is 1. The van der Waals surface area contributed by atoms with Crippen molar-refractivity contribution in [2.45, 2.75) is 13.2 Å². The molecule has 1 amide bonds. The quantitative estimate of drug-likeness (QED) is 0.379. The maximum atomic E-state index is 13.1. The number of fused-ring (bicyclic) bond motifs is 1. The van der Waals surface area contributed by atoms with E-state index in [9.17, 15) is 4.79 Å². The van der Waals surface area contributed by atoms with Gasteiger partial charge < -0.3 is 9.74 Å². The van der Waals surface area contributed by atoms with Gasteiger partial charge in [0.05, 0.1) is 22.3 Å². The fraction of sp³-hybridized carbons (Fsp3) is 0.0909. The summed E-state index contributed by atoms with van der Waals surface area (Å²) in [5.74, 6) is -0.290. The van der Waals surface area contributed by atoms with Crippen LogP contribution in [0.1, 0.15) is 16.7 Å². The highest BCUT2D eigenvalue weighted by atomic mass is 35.5. The first-order chi connectivity index (χ1) is 14.5. The van der Waals surface area contributed by atoms with E-state index in [0.717, 1.165) is 11.3 Å². The number of carbonyl (C=O) groups is 1. The Labute approximate surface area is 193 Å². The Balaban J connectivity index is 1.59. The smallest absolute Gasteiger partial charge is 0.281 e. The van der Waals surface area contributed by atoms with E-state index in [2.05, 4.69) is 5.16 Å². The molecule has 3 aromatic carbocycles. The first-order valence-electron chi connectivity index (χ1n) is 8.93. The molecule has 0 spiro atoms. The third-order valence-corrected chi connectivity index (χ3v) is 6.09. The van der Waals surface area contributed by atoms with E-state index in [1.165, 1.54) is 0 Å². The Morgan fingerprint density at radius 3 is 2.30 bits per heavy atom. The molecule has 0 fully saturated rings. The van der Waals surface area contributed by atoms with E-state index in [1.807, 2.05) is 24.3 Å². The van der Waals surface area contributed by atoms with Crippen molar-refractivity contribution in [1.29, 1.82) is 0 Å². The molecule has 1 heterocycles. The molecule has 0 N–H and O–H groups in total. The molecule has 0 atom stereocenters. The van der Waals surface area contributed by atoms with Crippen LogP contribution in [-0.4, -0.2) is 11.6 Å². The maximum absolute atomic E-state index is 13.1. The summed E-state index contributed by atoms with van der Waals surface area (Å²) in [5.41, 5.74) is 3.07. The zero-order valence-corrected chi connectivity index (χ0v) is 18.4. The first kappa shape index (κ1) is 21.0. The van der Waals surface area contributed by atoms with Crippen LogP contribution >= 0.6 is 46.4 Å². The van der Waals surface area contributed by atoms with Gasteiger partial charge in [-0.1, -0.05) is 81.9 Å². The highest BCUT2D eigenvalue weighted by molar-refractivity contribution is 6.54. The van der Waals surface area contributed by atoms with Crippen molar-refractivity contribution in [2.24, 2.45) is 5.16 Å². The van der Waals surface area contributed by atoms with Crippen molar-refractivity contribution in [3.05, 3.63) is 97.4 Å². The molecule has 0 bridgehead atoms. The van der Waals surface area contributed by atoms with Crippen LogP contribution in [0.15, 0.2) is 65.8 Å². The SMILES string of the molecule is O=C1/C(=N\OCc2ccc(Cl)c(Cl)c2)c2ccccc2N1Cc1c(Cl)cccc1Cl. The molecule has 4 nitrogen and oxygen atoms in total. The number of oxime groups is 1. The lowest BCUT2D eigenvalue weighted by molar-refractivity contribution is -0.112. The molecule has 30 heavy (non-hydrogen) atoms. The highest BCUT2D eigenvalue weighted by Gasteiger charge is 2.35. The van der Waals surface area contributed by atoms with Crippen molar-refractivity contribution in [3.63, 3.8) is 0 Å². The van der Waals surface area contributed by atoms with E-state index < -0.39 is 0 Å². The topological polar surface area (TPSA) is 41.9 Å². The average Bonchev–Trinajstić information content (AvgIpc) is 2.99. The Hall–Kier alpha value is -2.24. The lowest BCUT2D eigenvalue weighted by Gasteiger charge is -2.18. The molecule has 0 aliphatic carbocycles. The fourth-order valence-electron chi connectivity index (χ4n) is 3.15. The third kappa shape index (κ3) is 4.14. The van der Waals surface area contributed by atoms with E-state index in [4.69, 9.17) is 51.2 Å². The number of carbonyl (C=O) groups excluding carboxylic acids is 1. The molecule has 0 unspecified atom stereocenters. The number of hydrogen-bond donors (Lipinski definition) is 0. The highest BCUT2D eigenvalue weighted by Crippen LogP contribution is 2.34. The standard InChI is InChI=1S/C22H14Cl4N2O2/c23-16-5-3-6-17(24)15(16)11-28-20-7-2-1-4-14(20)21(22(28)29)27-30-12-13-8-9-18(25)19(26)10-13/h1-10H,11-12H2/b27-21-. The second kappa shape index (κ2) is 8.86. The third-order valence-electron chi connectivity index (χ3n) is 4.65. The zero-order chi connectivity index (χ0) is 21.3. The maximum Gasteiger partial charge on any atom is 0.281 e. The fourth-order valence-corrected chi connectivity index (χ4v) is 3.99. The summed E-state index contributed by atoms with van der Waals surface area (Å²) in [6.45, 7) is 0.367. The molecule has 0 saturated heterocycles. The molecule has 1 aliphatic rings. The Morgan fingerprint density at radius 2 is 1.57 bits per heavy atom. The number of hydrogen-bond acceptors (Lipinski definition) is 3. The van der Waals surface area contributed by atoms with Crippen molar-refractivity contribution < 1.29 is 9.63 Å². The summed E-state index contributed by atoms with van der Waals surface area (Å²) in [7, 11) is 0. The number of rotatable bonds is 5. The van der Waals surface area contributed by atoms with Crippen molar-refractivity contribution in [2.75, 3.05) is 4.90 Å². The lowest BCUT2D eigenvalue weighted by atomic mass is 10.1. The minimum Gasteiger partial charge on any atom is -0.390 e. The van der Waals surface area contributed by atoms with Crippen LogP contribution in [0.5, 0.6) is 0 Å². The van der Waals surface area contributed by atoms with Gasteiger partial charge in [-0.15, -0.1) is 0 Å². The van der Waals surface area contributed by atoms with Gasteiger partial charge in [0.25, 0.3) is 5.91 Å². The van der Waals surface area contributed by atoms with Gasteiger partial charge in [-0.2, -0.15) is 0 Å². The van der Waals surface area contributed by atoms with Gasteiger partial charge in [-0.25, -0.2) is 0 Å². The predicted octanol–water partition coefficient (Wildman–Crippen LogP) is 6.77. The molecule has 4 rings (SSSR count). The van der Waals surface area contributed by atoms with Crippen LogP contribution < -0.4 is 4.90 Å². The molecular weight excluding hydrogens is 466 g/mol. The normalized spacial score (nSPS) is 14.3. The van der Waals surface area contributed by atoms with Gasteiger partial charge in [0.15, 0.2) is 5.71 Å². The van der Waals surface area contributed by atoms with Crippen LogP contribution in [0.4, 0.5) is 5.69 Å². The number of amides is 1. The molecule has 0 saturated carbocycles. The summed E-state index contributed by atoms with van der Waals surface area (Å²) in [6.07, 6.45) is 0. The zero-order valence-electron chi connectivity index (χ0n) is 15.4. The number of halogens is 4. The minimum absolute atomic E-state index is 0.145. The lowest BCUT2D eigenvalue weighted by Crippen LogP contribution is -2.30. The summed E-state index contributed by atoms with van der Waals surface area (Å²) in [4.78, 5) is 20.2. The summed E-state index contributed by atoms with van der Waals surface area (Å²) < 4.78 is 0. The van der Waals surface area contributed by atoms with Gasteiger partial charge in [0.2, 0.25) is 0 Å².